The number of nitriles is 1. The number of nitrogens with zero attached hydrogens (tertiary/aromatic N) is 1. The SMILES string of the molecule is Cc1c(C#N)cc(F)cc1[C@@H](C)N[S+]([O-])C(C)(C)C. The van der Waals surface area contributed by atoms with Gasteiger partial charge in [0.2, 0.25) is 0 Å². The topological polar surface area (TPSA) is 58.9 Å². The lowest BCUT2D eigenvalue weighted by Crippen LogP contribution is -2.40. The molecular weight excluding hydrogens is 263 g/mol. The summed E-state index contributed by atoms with van der Waals surface area (Å²) in [5.41, 5.74) is 1.69. The fourth-order valence-corrected chi connectivity index (χ4v) is 2.47. The van der Waals surface area contributed by atoms with Gasteiger partial charge in [0.05, 0.1) is 17.7 Å². The summed E-state index contributed by atoms with van der Waals surface area (Å²) < 4.78 is 28.1. The lowest BCUT2D eigenvalue weighted by atomic mass is 9.98. The van der Waals surface area contributed by atoms with Crippen molar-refractivity contribution in [3.05, 3.63) is 34.6 Å². The van der Waals surface area contributed by atoms with Crippen LogP contribution in [0.15, 0.2) is 12.1 Å². The van der Waals surface area contributed by atoms with E-state index in [1.807, 2.05) is 33.8 Å². The molecule has 1 aromatic rings. The second-order valence-electron chi connectivity index (χ2n) is 5.50. The third-order valence-electron chi connectivity index (χ3n) is 2.84. The minimum atomic E-state index is -1.25. The maximum atomic E-state index is 13.5. The normalized spacial score (nSPS) is 14.8. The number of benzene rings is 1. The summed E-state index contributed by atoms with van der Waals surface area (Å²) in [6.07, 6.45) is 0. The van der Waals surface area contributed by atoms with Crippen LogP contribution in [-0.2, 0) is 11.4 Å². The molecule has 1 aromatic carbocycles. The van der Waals surface area contributed by atoms with Crippen LogP contribution in [-0.4, -0.2) is 9.30 Å². The fraction of sp³-hybridized carbons (Fsp3) is 0.500. The summed E-state index contributed by atoms with van der Waals surface area (Å²) in [6.45, 7) is 9.17. The monoisotopic (exact) mass is 282 g/mol. The molecule has 0 saturated heterocycles. The lowest BCUT2D eigenvalue weighted by Gasteiger charge is -2.27. The van der Waals surface area contributed by atoms with Gasteiger partial charge in [-0.2, -0.15) is 5.26 Å². The van der Waals surface area contributed by atoms with E-state index in [-0.39, 0.29) is 6.04 Å². The van der Waals surface area contributed by atoms with Crippen molar-refractivity contribution >= 4 is 11.4 Å². The number of rotatable bonds is 3. The number of hydrogen-bond donors (Lipinski definition) is 1. The molecule has 0 aliphatic carbocycles. The van der Waals surface area contributed by atoms with E-state index in [0.29, 0.717) is 11.1 Å². The standard InChI is InChI=1S/C14H19FN2OS/c1-9-11(8-16)6-12(15)7-13(9)10(2)17-19(18)14(3,4)5/h6-7,10,17H,1-5H3/t10-,19?/m1/s1. The molecule has 0 aromatic heterocycles. The van der Waals surface area contributed by atoms with E-state index in [2.05, 4.69) is 4.72 Å². The Morgan fingerprint density at radius 1 is 1.42 bits per heavy atom. The zero-order chi connectivity index (χ0) is 14.8. The summed E-state index contributed by atoms with van der Waals surface area (Å²) in [6, 6.07) is 4.28. The summed E-state index contributed by atoms with van der Waals surface area (Å²) in [4.78, 5) is 0. The molecule has 2 atom stereocenters. The van der Waals surface area contributed by atoms with Crippen LogP contribution < -0.4 is 4.72 Å². The molecule has 0 fully saturated rings. The van der Waals surface area contributed by atoms with Gasteiger partial charge in [-0.3, -0.25) is 0 Å². The first-order valence-corrected chi connectivity index (χ1v) is 7.20. The van der Waals surface area contributed by atoms with Crippen molar-refractivity contribution in [2.24, 2.45) is 0 Å². The minimum Gasteiger partial charge on any atom is -0.598 e. The van der Waals surface area contributed by atoms with E-state index < -0.39 is 21.9 Å². The van der Waals surface area contributed by atoms with Crippen LogP contribution in [0.2, 0.25) is 0 Å². The van der Waals surface area contributed by atoms with Gasteiger partial charge in [0.25, 0.3) is 0 Å². The van der Waals surface area contributed by atoms with Gasteiger partial charge >= 0.3 is 0 Å². The Kier molecular flexibility index (Phi) is 4.97. The Morgan fingerprint density at radius 2 is 2.00 bits per heavy atom. The average Bonchev–Trinajstić information content (AvgIpc) is 2.30. The molecule has 0 spiro atoms. The van der Waals surface area contributed by atoms with Crippen LogP contribution in [0.3, 0.4) is 0 Å². The molecule has 0 radical (unpaired) electrons. The molecule has 0 bridgehead atoms. The van der Waals surface area contributed by atoms with Gasteiger partial charge in [-0.15, -0.1) is 4.72 Å². The highest BCUT2D eigenvalue weighted by Crippen LogP contribution is 2.24. The van der Waals surface area contributed by atoms with Crippen molar-refractivity contribution in [1.29, 1.82) is 5.26 Å². The highest BCUT2D eigenvalue weighted by Gasteiger charge is 2.29. The van der Waals surface area contributed by atoms with Gasteiger partial charge in [-0.1, -0.05) is 0 Å². The van der Waals surface area contributed by atoms with E-state index in [4.69, 9.17) is 5.26 Å². The Bertz CT molecular complexity index is 505. The van der Waals surface area contributed by atoms with Crippen LogP contribution in [0, 0.1) is 24.1 Å². The summed E-state index contributed by atoms with van der Waals surface area (Å²) in [5.74, 6) is -0.452. The molecule has 0 amide bonds. The molecule has 1 rings (SSSR count). The first-order chi connectivity index (χ1) is 8.66. The highest BCUT2D eigenvalue weighted by atomic mass is 32.2. The van der Waals surface area contributed by atoms with Crippen molar-refractivity contribution in [3.8, 4) is 6.07 Å². The number of halogens is 1. The first-order valence-electron chi connectivity index (χ1n) is 6.05. The zero-order valence-corrected chi connectivity index (χ0v) is 12.7. The molecular formula is C14H19FN2OS. The van der Waals surface area contributed by atoms with Crippen LogP contribution in [0.25, 0.3) is 0 Å². The average molecular weight is 282 g/mol. The number of nitrogens with one attached hydrogen (secondary N) is 1. The summed E-state index contributed by atoms with van der Waals surface area (Å²) >= 11 is -1.25. The molecule has 0 saturated carbocycles. The van der Waals surface area contributed by atoms with E-state index in [0.717, 1.165) is 5.56 Å². The van der Waals surface area contributed by atoms with E-state index in [1.54, 1.807) is 6.92 Å². The van der Waals surface area contributed by atoms with Crippen molar-refractivity contribution in [2.45, 2.75) is 45.4 Å². The van der Waals surface area contributed by atoms with Crippen molar-refractivity contribution in [2.75, 3.05) is 0 Å². The van der Waals surface area contributed by atoms with E-state index in [9.17, 15) is 8.94 Å². The Morgan fingerprint density at radius 3 is 2.47 bits per heavy atom. The Hall–Kier alpha value is -1.09. The van der Waals surface area contributed by atoms with Crippen molar-refractivity contribution < 1.29 is 8.94 Å². The molecule has 0 aliphatic rings. The molecule has 1 N–H and O–H groups in total. The molecule has 0 aliphatic heterocycles. The smallest absolute Gasteiger partial charge is 0.136 e. The third-order valence-corrected chi connectivity index (χ3v) is 4.52. The maximum Gasteiger partial charge on any atom is 0.136 e. The fourth-order valence-electron chi connectivity index (χ4n) is 1.67. The molecule has 19 heavy (non-hydrogen) atoms. The predicted octanol–water partition coefficient (Wildman–Crippen LogP) is 3.12. The second kappa shape index (κ2) is 5.91. The molecule has 104 valence electrons. The van der Waals surface area contributed by atoms with Gasteiger partial charge in [0.15, 0.2) is 0 Å². The largest absolute Gasteiger partial charge is 0.598 e. The van der Waals surface area contributed by atoms with Crippen LogP contribution in [0.5, 0.6) is 0 Å². The Balaban J connectivity index is 3.04. The van der Waals surface area contributed by atoms with E-state index in [1.165, 1.54) is 12.1 Å². The van der Waals surface area contributed by atoms with Gasteiger partial charge in [0, 0.05) is 11.4 Å². The van der Waals surface area contributed by atoms with Gasteiger partial charge in [0.1, 0.15) is 10.6 Å². The molecule has 1 unspecified atom stereocenters. The molecule has 5 heteroatoms. The summed E-state index contributed by atoms with van der Waals surface area (Å²) in [5, 5.41) is 8.96. The summed E-state index contributed by atoms with van der Waals surface area (Å²) in [7, 11) is 0. The van der Waals surface area contributed by atoms with E-state index >= 15 is 0 Å². The number of hydrogen-bond acceptors (Lipinski definition) is 3. The van der Waals surface area contributed by atoms with Gasteiger partial charge in [-0.25, -0.2) is 4.39 Å². The quantitative estimate of drug-likeness (QED) is 0.867. The first kappa shape index (κ1) is 16.0. The zero-order valence-electron chi connectivity index (χ0n) is 11.9. The van der Waals surface area contributed by atoms with Crippen molar-refractivity contribution in [3.63, 3.8) is 0 Å². The van der Waals surface area contributed by atoms with Crippen LogP contribution in [0.1, 0.15) is 50.4 Å². The lowest BCUT2D eigenvalue weighted by molar-refractivity contribution is 0.529. The van der Waals surface area contributed by atoms with Gasteiger partial charge < -0.3 is 4.55 Å². The molecule has 3 nitrogen and oxygen atoms in total. The minimum absolute atomic E-state index is 0.289. The predicted molar refractivity (Wildman–Crippen MR) is 75.3 cm³/mol. The highest BCUT2D eigenvalue weighted by molar-refractivity contribution is 7.90. The van der Waals surface area contributed by atoms with Crippen LogP contribution in [0.4, 0.5) is 4.39 Å². The second-order valence-corrected chi connectivity index (χ2v) is 7.50. The molecule has 0 heterocycles. The van der Waals surface area contributed by atoms with Crippen molar-refractivity contribution in [1.82, 2.24) is 4.72 Å². The third kappa shape index (κ3) is 3.93. The Labute approximate surface area is 117 Å². The van der Waals surface area contributed by atoms with Crippen LogP contribution >= 0.6 is 0 Å². The van der Waals surface area contributed by atoms with Gasteiger partial charge in [-0.05, 0) is 57.9 Å². The maximum absolute atomic E-state index is 13.5.